The molecule has 0 radical (unpaired) electrons. The molecule has 7 nitrogen and oxygen atoms in total. The molecular weight excluding hydrogens is 451 g/mol. The average Bonchev–Trinajstić information content (AvgIpc) is 3.45. The van der Waals surface area contributed by atoms with Gasteiger partial charge >= 0.3 is 0 Å². The number of rotatable bonds is 8. The van der Waals surface area contributed by atoms with Crippen LogP contribution in [0.4, 0.5) is 4.39 Å². The lowest BCUT2D eigenvalue weighted by molar-refractivity contribution is -0.128. The minimum Gasteiger partial charge on any atom is -0.478 e. The molecule has 1 amide bonds. The Morgan fingerprint density at radius 1 is 1.19 bits per heavy atom. The minimum atomic E-state index is -0.633. The first-order valence-corrected chi connectivity index (χ1v) is 11.7. The Bertz CT molecular complexity index is 1200. The summed E-state index contributed by atoms with van der Waals surface area (Å²) >= 11 is 2.72. The van der Waals surface area contributed by atoms with Crippen LogP contribution in [0.15, 0.2) is 58.2 Å². The van der Waals surface area contributed by atoms with Crippen LogP contribution in [0.2, 0.25) is 0 Å². The van der Waals surface area contributed by atoms with E-state index in [-0.39, 0.29) is 34.6 Å². The number of benzene rings is 2. The number of fused-ring (bicyclic) bond motifs is 1. The third-order valence-electron chi connectivity index (χ3n) is 4.87. The van der Waals surface area contributed by atoms with Crippen LogP contribution in [0.25, 0.3) is 10.2 Å². The minimum absolute atomic E-state index is 0.0860. The van der Waals surface area contributed by atoms with Gasteiger partial charge in [0.2, 0.25) is 5.91 Å². The largest absolute Gasteiger partial charge is 0.478 e. The van der Waals surface area contributed by atoms with Crippen molar-refractivity contribution in [3.8, 4) is 5.75 Å². The number of halogens is 1. The molecule has 4 rings (SSSR count). The second kappa shape index (κ2) is 9.66. The lowest BCUT2D eigenvalue weighted by Crippen LogP contribution is -2.31. The lowest BCUT2D eigenvalue weighted by atomic mass is 10.3. The van der Waals surface area contributed by atoms with Gasteiger partial charge in [0.05, 0.1) is 22.0 Å². The molecule has 0 unspecified atom stereocenters. The fourth-order valence-corrected chi connectivity index (χ4v) is 4.66. The molecule has 166 valence electrons. The van der Waals surface area contributed by atoms with E-state index in [1.807, 2.05) is 31.2 Å². The molecule has 0 N–H and O–H groups in total. The monoisotopic (exact) mass is 472 g/mol. The molecule has 2 atom stereocenters. The summed E-state index contributed by atoms with van der Waals surface area (Å²) in [5.74, 6) is -0.107. The molecule has 0 fully saturated rings. The molecule has 0 spiro atoms. The number of aromatic nitrogens is 3. The van der Waals surface area contributed by atoms with Gasteiger partial charge in [0, 0.05) is 7.05 Å². The predicted octanol–water partition coefficient (Wildman–Crippen LogP) is 5.27. The van der Waals surface area contributed by atoms with E-state index < -0.39 is 11.9 Å². The third-order valence-corrected chi connectivity index (χ3v) is 6.88. The molecule has 2 aromatic heterocycles. The normalized spacial score (nSPS) is 13.1. The van der Waals surface area contributed by atoms with E-state index in [2.05, 4.69) is 15.2 Å². The Hall–Kier alpha value is -2.98. The van der Waals surface area contributed by atoms with Gasteiger partial charge in [0.1, 0.15) is 5.01 Å². The first-order chi connectivity index (χ1) is 15.4. The maximum absolute atomic E-state index is 13.8. The number of hydrogen-bond acceptors (Lipinski definition) is 8. The zero-order chi connectivity index (χ0) is 22.7. The molecule has 0 saturated carbocycles. The number of ether oxygens (including phenoxy) is 1. The first-order valence-electron chi connectivity index (χ1n) is 9.91. The van der Waals surface area contributed by atoms with Crippen molar-refractivity contribution >= 4 is 39.2 Å². The molecule has 2 aromatic carbocycles. The highest BCUT2D eigenvalue weighted by atomic mass is 32.2. The standard InChI is InChI=1S/C22H21FN4O3S2/c1-13(21-24-16-9-5-7-11-18(16)32-21)27(3)19(28)12-31-22-26-25-20(30-22)14(2)29-17-10-6-4-8-15(17)23/h4-11,13-14H,12H2,1-3H3/t13-,14-/m1/s1. The fraction of sp³-hybridized carbons (Fsp3) is 0.273. The van der Waals surface area contributed by atoms with Crippen molar-refractivity contribution in [3.63, 3.8) is 0 Å². The van der Waals surface area contributed by atoms with Gasteiger partial charge in [-0.25, -0.2) is 9.37 Å². The van der Waals surface area contributed by atoms with Gasteiger partial charge in [0.15, 0.2) is 17.7 Å². The van der Waals surface area contributed by atoms with Crippen LogP contribution in [0.1, 0.15) is 36.9 Å². The van der Waals surface area contributed by atoms with E-state index in [9.17, 15) is 9.18 Å². The van der Waals surface area contributed by atoms with E-state index in [0.717, 1.165) is 27.0 Å². The van der Waals surface area contributed by atoms with Crippen LogP contribution in [0.3, 0.4) is 0 Å². The number of carbonyl (C=O) groups is 1. The van der Waals surface area contributed by atoms with Crippen molar-refractivity contribution < 1.29 is 18.3 Å². The first kappa shape index (κ1) is 22.2. The average molecular weight is 473 g/mol. The zero-order valence-electron chi connectivity index (χ0n) is 17.7. The van der Waals surface area contributed by atoms with E-state index in [0.29, 0.717) is 0 Å². The van der Waals surface area contributed by atoms with E-state index in [4.69, 9.17) is 9.15 Å². The number of thiazole rings is 1. The molecule has 4 aromatic rings. The molecule has 32 heavy (non-hydrogen) atoms. The number of para-hydroxylation sites is 2. The number of hydrogen-bond donors (Lipinski definition) is 0. The van der Waals surface area contributed by atoms with Crippen LogP contribution < -0.4 is 4.74 Å². The van der Waals surface area contributed by atoms with Gasteiger partial charge in [-0.15, -0.1) is 21.5 Å². The molecule has 2 heterocycles. The number of nitrogens with zero attached hydrogens (tertiary/aromatic N) is 4. The Balaban J connectivity index is 1.33. The fourth-order valence-electron chi connectivity index (χ4n) is 2.90. The summed E-state index contributed by atoms with van der Waals surface area (Å²) in [5, 5.41) is 9.04. The van der Waals surface area contributed by atoms with Crippen LogP contribution in [-0.4, -0.2) is 38.8 Å². The van der Waals surface area contributed by atoms with Crippen LogP contribution in [0.5, 0.6) is 5.75 Å². The number of amides is 1. The van der Waals surface area contributed by atoms with Gasteiger partial charge in [-0.05, 0) is 38.1 Å². The van der Waals surface area contributed by atoms with Crippen molar-refractivity contribution in [2.24, 2.45) is 0 Å². The molecular formula is C22H21FN4O3S2. The number of thioether (sulfide) groups is 1. The Morgan fingerprint density at radius 2 is 1.94 bits per heavy atom. The molecule has 10 heteroatoms. The topological polar surface area (TPSA) is 81.4 Å². The van der Waals surface area contributed by atoms with Gasteiger partial charge in [-0.1, -0.05) is 36.0 Å². The maximum atomic E-state index is 13.8. The van der Waals surface area contributed by atoms with Gasteiger partial charge in [-0.2, -0.15) is 0 Å². The van der Waals surface area contributed by atoms with E-state index >= 15 is 0 Å². The molecule has 0 saturated heterocycles. The summed E-state index contributed by atoms with van der Waals surface area (Å²) in [7, 11) is 1.75. The zero-order valence-corrected chi connectivity index (χ0v) is 19.3. The molecule has 0 aliphatic heterocycles. The molecule has 0 bridgehead atoms. The Labute approximate surface area is 192 Å². The van der Waals surface area contributed by atoms with Crippen molar-refractivity contribution in [1.82, 2.24) is 20.1 Å². The molecule has 0 aliphatic rings. The molecule has 0 aliphatic carbocycles. The second-order valence-electron chi connectivity index (χ2n) is 7.09. The second-order valence-corrected chi connectivity index (χ2v) is 9.07. The Morgan fingerprint density at radius 3 is 2.72 bits per heavy atom. The summed E-state index contributed by atoms with van der Waals surface area (Å²) in [6.45, 7) is 3.64. The smallest absolute Gasteiger partial charge is 0.277 e. The van der Waals surface area contributed by atoms with Crippen molar-refractivity contribution in [2.45, 2.75) is 31.2 Å². The highest BCUT2D eigenvalue weighted by Gasteiger charge is 2.22. The summed E-state index contributed by atoms with van der Waals surface area (Å²) in [4.78, 5) is 19.0. The SMILES string of the molecule is C[C@H](c1nc2ccccc2s1)N(C)C(=O)CSc1nnc([C@@H](C)Oc2ccccc2F)o1. The van der Waals surface area contributed by atoms with Crippen LogP contribution >= 0.6 is 23.1 Å². The van der Waals surface area contributed by atoms with Crippen LogP contribution in [-0.2, 0) is 4.79 Å². The summed E-state index contributed by atoms with van der Waals surface area (Å²) in [5.41, 5.74) is 0.930. The van der Waals surface area contributed by atoms with Crippen molar-refractivity contribution in [3.05, 3.63) is 65.2 Å². The maximum Gasteiger partial charge on any atom is 0.277 e. The van der Waals surface area contributed by atoms with E-state index in [1.165, 1.54) is 12.1 Å². The highest BCUT2D eigenvalue weighted by Crippen LogP contribution is 2.30. The Kier molecular flexibility index (Phi) is 6.71. The summed E-state index contributed by atoms with van der Waals surface area (Å²) in [6.07, 6.45) is -0.633. The summed E-state index contributed by atoms with van der Waals surface area (Å²) < 4.78 is 26.0. The quantitative estimate of drug-likeness (QED) is 0.323. The predicted molar refractivity (Wildman–Crippen MR) is 121 cm³/mol. The van der Waals surface area contributed by atoms with Gasteiger partial charge in [0.25, 0.3) is 11.1 Å². The van der Waals surface area contributed by atoms with Gasteiger partial charge in [-0.3, -0.25) is 4.79 Å². The highest BCUT2D eigenvalue weighted by molar-refractivity contribution is 7.99. The van der Waals surface area contributed by atoms with E-state index in [1.54, 1.807) is 42.3 Å². The van der Waals surface area contributed by atoms with Crippen molar-refractivity contribution in [1.29, 1.82) is 0 Å². The number of carbonyl (C=O) groups excluding carboxylic acids is 1. The van der Waals surface area contributed by atoms with Crippen molar-refractivity contribution in [2.75, 3.05) is 12.8 Å². The lowest BCUT2D eigenvalue weighted by Gasteiger charge is -2.22. The summed E-state index contributed by atoms with van der Waals surface area (Å²) in [6, 6.07) is 13.8. The van der Waals surface area contributed by atoms with Gasteiger partial charge < -0.3 is 14.1 Å². The third kappa shape index (κ3) is 4.91. The van der Waals surface area contributed by atoms with Crippen LogP contribution in [0, 0.1) is 5.82 Å².